The van der Waals surface area contributed by atoms with Crippen molar-refractivity contribution in [3.05, 3.63) is 77.1 Å². The molecule has 4 rings (SSSR count). The van der Waals surface area contributed by atoms with Crippen LogP contribution in [0, 0.1) is 13.8 Å². The molecule has 1 atom stereocenters. The molecule has 1 N–H and O–H groups in total. The molecule has 2 amide bonds. The Kier molecular flexibility index (Phi) is 5.40. The molecule has 1 unspecified atom stereocenters. The quantitative estimate of drug-likeness (QED) is 0.718. The largest absolute Gasteiger partial charge is 0.335 e. The second-order valence-electron chi connectivity index (χ2n) is 7.82. The maximum atomic E-state index is 12.9. The third kappa shape index (κ3) is 3.99. The van der Waals surface area contributed by atoms with Crippen LogP contribution in [0.15, 0.2) is 54.6 Å². The Morgan fingerprint density at radius 3 is 2.63 bits per heavy atom. The molecule has 0 spiro atoms. The van der Waals surface area contributed by atoms with Crippen molar-refractivity contribution in [3.8, 4) is 5.69 Å². The molecule has 0 fully saturated rings. The minimum atomic E-state index is -0.244. The van der Waals surface area contributed by atoms with E-state index in [-0.39, 0.29) is 24.3 Å². The van der Waals surface area contributed by atoms with Gasteiger partial charge in [0.1, 0.15) is 0 Å². The van der Waals surface area contributed by atoms with E-state index in [0.29, 0.717) is 12.2 Å². The van der Waals surface area contributed by atoms with Gasteiger partial charge in [0.15, 0.2) is 0 Å². The predicted octanol–water partition coefficient (Wildman–Crippen LogP) is 3.96. The van der Waals surface area contributed by atoms with Crippen LogP contribution in [0.4, 0.5) is 5.69 Å². The van der Waals surface area contributed by atoms with Crippen molar-refractivity contribution in [1.82, 2.24) is 14.7 Å². The van der Waals surface area contributed by atoms with Crippen molar-refractivity contribution in [2.45, 2.75) is 39.7 Å². The van der Waals surface area contributed by atoms with E-state index >= 15 is 0 Å². The predicted molar refractivity (Wildman–Crippen MR) is 117 cm³/mol. The van der Waals surface area contributed by atoms with Crippen molar-refractivity contribution >= 4 is 17.5 Å². The second-order valence-corrected chi connectivity index (χ2v) is 7.82. The average Bonchev–Trinajstić information content (AvgIpc) is 3.06. The average molecular weight is 402 g/mol. The zero-order valence-electron chi connectivity index (χ0n) is 17.6. The molecule has 0 bridgehead atoms. The third-order valence-corrected chi connectivity index (χ3v) is 5.58. The number of carbonyl (C=O) groups is 2. The van der Waals surface area contributed by atoms with Gasteiger partial charge in [-0.1, -0.05) is 30.3 Å². The minimum absolute atomic E-state index is 0.00572. The van der Waals surface area contributed by atoms with E-state index in [0.717, 1.165) is 29.1 Å². The van der Waals surface area contributed by atoms with Gasteiger partial charge in [-0.25, -0.2) is 4.68 Å². The fourth-order valence-corrected chi connectivity index (χ4v) is 4.24. The number of fused-ring (bicyclic) bond motifs is 1. The molecular weight excluding hydrogens is 376 g/mol. The highest BCUT2D eigenvalue weighted by atomic mass is 16.2. The third-order valence-electron chi connectivity index (χ3n) is 5.58. The smallest absolute Gasteiger partial charge is 0.226 e. The number of benzene rings is 2. The van der Waals surface area contributed by atoms with E-state index in [9.17, 15) is 9.59 Å². The molecule has 3 aromatic rings. The lowest BCUT2D eigenvalue weighted by Crippen LogP contribution is -2.40. The molecular formula is C24H26N4O2. The molecule has 6 heteroatoms. The van der Waals surface area contributed by atoms with E-state index in [1.54, 1.807) is 11.8 Å². The summed E-state index contributed by atoms with van der Waals surface area (Å²) < 4.78 is 1.86. The molecule has 154 valence electrons. The summed E-state index contributed by atoms with van der Waals surface area (Å²) in [5.41, 5.74) is 5.86. The first-order valence-electron chi connectivity index (χ1n) is 10.2. The molecule has 2 aromatic carbocycles. The maximum absolute atomic E-state index is 12.9. The Balaban J connectivity index is 1.54. The van der Waals surface area contributed by atoms with Crippen molar-refractivity contribution in [2.24, 2.45) is 0 Å². The molecule has 6 nitrogen and oxygen atoms in total. The van der Waals surface area contributed by atoms with Crippen molar-refractivity contribution in [1.29, 1.82) is 0 Å². The molecule has 0 aliphatic carbocycles. The Bertz CT molecular complexity index is 1100. The fourth-order valence-electron chi connectivity index (χ4n) is 4.24. The Morgan fingerprint density at radius 1 is 1.10 bits per heavy atom. The normalized spacial score (nSPS) is 15.6. The molecule has 1 aromatic heterocycles. The van der Waals surface area contributed by atoms with Crippen LogP contribution in [0.2, 0.25) is 0 Å². The van der Waals surface area contributed by atoms with Crippen molar-refractivity contribution in [3.63, 3.8) is 0 Å². The van der Waals surface area contributed by atoms with Crippen LogP contribution < -0.4 is 5.32 Å². The highest BCUT2D eigenvalue weighted by Gasteiger charge is 2.30. The van der Waals surface area contributed by atoms with Crippen LogP contribution in [0.1, 0.15) is 41.9 Å². The number of rotatable bonds is 4. The first-order chi connectivity index (χ1) is 14.4. The van der Waals surface area contributed by atoms with E-state index in [1.807, 2.05) is 67.1 Å². The van der Waals surface area contributed by atoms with Crippen molar-refractivity contribution < 1.29 is 9.59 Å². The van der Waals surface area contributed by atoms with Gasteiger partial charge in [-0.05, 0) is 55.7 Å². The molecule has 2 heterocycles. The van der Waals surface area contributed by atoms with Gasteiger partial charge in [-0.3, -0.25) is 9.59 Å². The van der Waals surface area contributed by atoms with Crippen LogP contribution in [0.25, 0.3) is 5.69 Å². The SMILES string of the molecule is CC(=O)N1CCc2ccccc2C1CC(=O)Nc1cccc(-n2nc(C)cc2C)c1. The first kappa shape index (κ1) is 19.9. The van der Waals surface area contributed by atoms with Crippen LogP contribution >= 0.6 is 0 Å². The van der Waals surface area contributed by atoms with E-state index in [1.165, 1.54) is 5.56 Å². The number of aromatic nitrogens is 2. The van der Waals surface area contributed by atoms with Gasteiger partial charge in [-0.15, -0.1) is 0 Å². The maximum Gasteiger partial charge on any atom is 0.226 e. The summed E-state index contributed by atoms with van der Waals surface area (Å²) >= 11 is 0. The lowest BCUT2D eigenvalue weighted by molar-refractivity contribution is -0.132. The van der Waals surface area contributed by atoms with E-state index in [2.05, 4.69) is 16.5 Å². The number of hydrogen-bond acceptors (Lipinski definition) is 3. The fraction of sp³-hybridized carbons (Fsp3) is 0.292. The van der Waals surface area contributed by atoms with Crippen molar-refractivity contribution in [2.75, 3.05) is 11.9 Å². The highest BCUT2D eigenvalue weighted by molar-refractivity contribution is 5.92. The van der Waals surface area contributed by atoms with Gasteiger partial charge >= 0.3 is 0 Å². The van der Waals surface area contributed by atoms with E-state index < -0.39 is 0 Å². The van der Waals surface area contributed by atoms with Gasteiger partial charge in [-0.2, -0.15) is 5.10 Å². The zero-order valence-corrected chi connectivity index (χ0v) is 17.6. The molecule has 0 saturated carbocycles. The number of nitrogens with zero attached hydrogens (tertiary/aromatic N) is 3. The van der Waals surface area contributed by atoms with Gasteiger partial charge < -0.3 is 10.2 Å². The lowest BCUT2D eigenvalue weighted by atomic mass is 9.90. The summed E-state index contributed by atoms with van der Waals surface area (Å²) in [6.45, 7) is 6.16. The van der Waals surface area contributed by atoms with Gasteiger partial charge in [0, 0.05) is 24.8 Å². The van der Waals surface area contributed by atoms with E-state index in [4.69, 9.17) is 0 Å². The summed E-state index contributed by atoms with van der Waals surface area (Å²) in [5, 5.41) is 7.51. The summed E-state index contributed by atoms with van der Waals surface area (Å²) in [5.74, 6) is -0.123. The van der Waals surface area contributed by atoms with Crippen LogP contribution in [0.5, 0.6) is 0 Å². The standard InChI is InChI=1S/C24H26N4O2/c1-16-13-17(2)28(26-16)21-9-6-8-20(14-21)25-24(30)15-23-22-10-5-4-7-19(22)11-12-27(23)18(3)29/h4-10,13-14,23H,11-12,15H2,1-3H3,(H,25,30). The Labute approximate surface area is 176 Å². The highest BCUT2D eigenvalue weighted by Crippen LogP contribution is 2.32. The number of hydrogen-bond donors (Lipinski definition) is 1. The van der Waals surface area contributed by atoms with Gasteiger partial charge in [0.2, 0.25) is 11.8 Å². The van der Waals surface area contributed by atoms with Crippen LogP contribution in [-0.2, 0) is 16.0 Å². The number of aryl methyl sites for hydroxylation is 2. The number of nitrogens with one attached hydrogen (secondary N) is 1. The molecule has 0 radical (unpaired) electrons. The first-order valence-corrected chi connectivity index (χ1v) is 10.2. The monoisotopic (exact) mass is 402 g/mol. The topological polar surface area (TPSA) is 67.2 Å². The van der Waals surface area contributed by atoms with Gasteiger partial charge in [0.25, 0.3) is 0 Å². The Hall–Kier alpha value is -3.41. The van der Waals surface area contributed by atoms with Crippen LogP contribution in [-0.4, -0.2) is 33.0 Å². The lowest BCUT2D eigenvalue weighted by Gasteiger charge is -2.36. The second kappa shape index (κ2) is 8.14. The zero-order chi connectivity index (χ0) is 21.3. The minimum Gasteiger partial charge on any atom is -0.335 e. The molecule has 30 heavy (non-hydrogen) atoms. The number of carbonyl (C=O) groups excluding carboxylic acids is 2. The summed E-state index contributed by atoms with van der Waals surface area (Å²) in [4.78, 5) is 26.9. The summed E-state index contributed by atoms with van der Waals surface area (Å²) in [6, 6.07) is 17.5. The number of amides is 2. The summed E-state index contributed by atoms with van der Waals surface area (Å²) in [6.07, 6.45) is 1.04. The van der Waals surface area contributed by atoms with Crippen LogP contribution in [0.3, 0.4) is 0 Å². The molecule has 1 aliphatic heterocycles. The molecule has 1 aliphatic rings. The number of anilines is 1. The Morgan fingerprint density at radius 2 is 1.90 bits per heavy atom. The van der Waals surface area contributed by atoms with Gasteiger partial charge in [0.05, 0.1) is 23.8 Å². The summed E-state index contributed by atoms with van der Waals surface area (Å²) in [7, 11) is 0. The molecule has 0 saturated heterocycles.